The zero-order valence-corrected chi connectivity index (χ0v) is 15.4. The van der Waals surface area contributed by atoms with Crippen molar-refractivity contribution in [3.63, 3.8) is 0 Å². The van der Waals surface area contributed by atoms with E-state index in [4.69, 9.17) is 0 Å². The van der Waals surface area contributed by atoms with E-state index >= 15 is 0 Å². The predicted octanol–water partition coefficient (Wildman–Crippen LogP) is 1.98. The van der Waals surface area contributed by atoms with Gasteiger partial charge in [0.25, 0.3) is 0 Å². The number of aryl methyl sites for hydroxylation is 2. The quantitative estimate of drug-likeness (QED) is 0.851. The first-order valence-corrected chi connectivity index (χ1v) is 10.0. The highest BCUT2D eigenvalue weighted by molar-refractivity contribution is 7.11. The lowest BCUT2D eigenvalue weighted by Crippen LogP contribution is -2.44. The maximum absolute atomic E-state index is 12.4. The van der Waals surface area contributed by atoms with E-state index in [-0.39, 0.29) is 12.0 Å². The van der Waals surface area contributed by atoms with Crippen LogP contribution in [-0.4, -0.2) is 53.2 Å². The topological polar surface area (TPSA) is 65.5 Å². The molecule has 0 spiro atoms. The number of hydrogen-bond donors (Lipinski definition) is 2. The van der Waals surface area contributed by atoms with Gasteiger partial charge in [0.15, 0.2) is 0 Å². The summed E-state index contributed by atoms with van der Waals surface area (Å²) in [4.78, 5) is 19.8. The van der Waals surface area contributed by atoms with Gasteiger partial charge in [-0.05, 0) is 64.0 Å². The lowest BCUT2D eigenvalue weighted by molar-refractivity contribution is -0.133. The molecule has 3 rings (SSSR count). The Morgan fingerprint density at radius 1 is 1.33 bits per heavy atom. The molecule has 24 heavy (non-hydrogen) atoms. The smallest absolute Gasteiger partial charge is 0.222 e. The second kappa shape index (κ2) is 8.41. The van der Waals surface area contributed by atoms with E-state index < -0.39 is 0 Å². The lowest BCUT2D eigenvalue weighted by Gasteiger charge is -2.38. The minimum absolute atomic E-state index is 0.190. The third kappa shape index (κ3) is 4.55. The number of aromatic nitrogens is 1. The van der Waals surface area contributed by atoms with Crippen LogP contribution in [0.25, 0.3) is 0 Å². The van der Waals surface area contributed by atoms with Crippen molar-refractivity contribution in [3.05, 3.63) is 16.1 Å². The fraction of sp³-hybridized carbons (Fsp3) is 0.778. The van der Waals surface area contributed by atoms with E-state index in [0.717, 1.165) is 63.3 Å². The zero-order valence-electron chi connectivity index (χ0n) is 14.5. The van der Waals surface area contributed by atoms with Gasteiger partial charge in [0.1, 0.15) is 0 Å². The minimum atomic E-state index is -0.190. The van der Waals surface area contributed by atoms with Gasteiger partial charge in [-0.3, -0.25) is 4.79 Å². The number of aliphatic hydroxyl groups excluding tert-OH is 1. The molecular weight excluding hydrogens is 322 g/mol. The van der Waals surface area contributed by atoms with Crippen molar-refractivity contribution in [1.29, 1.82) is 0 Å². The average Bonchev–Trinajstić information content (AvgIpc) is 3.05. The standard InChI is InChI=1S/C18H29N3O2S/c1-13-20-12-16(24-13)2-3-17(22)21-10-6-15(7-11-21)18(23)14-4-8-19-9-5-14/h12,14-15,18-19,23H,2-11H2,1H3. The second-order valence-corrected chi connectivity index (χ2v) is 8.46. The van der Waals surface area contributed by atoms with Crippen molar-refractivity contribution < 1.29 is 9.90 Å². The molecule has 1 aromatic rings. The van der Waals surface area contributed by atoms with Gasteiger partial charge in [-0.2, -0.15) is 0 Å². The van der Waals surface area contributed by atoms with Crippen LogP contribution in [0.4, 0.5) is 0 Å². The first-order chi connectivity index (χ1) is 11.6. The summed E-state index contributed by atoms with van der Waals surface area (Å²) < 4.78 is 0. The number of carbonyl (C=O) groups excluding carboxylic acids is 1. The highest BCUT2D eigenvalue weighted by atomic mass is 32.1. The van der Waals surface area contributed by atoms with Crippen LogP contribution in [0.5, 0.6) is 0 Å². The number of carbonyl (C=O) groups is 1. The van der Waals surface area contributed by atoms with Gasteiger partial charge in [0.05, 0.1) is 11.1 Å². The summed E-state index contributed by atoms with van der Waals surface area (Å²) in [5, 5.41) is 15.1. The maximum Gasteiger partial charge on any atom is 0.222 e. The number of amides is 1. The van der Waals surface area contributed by atoms with Crippen LogP contribution in [0.2, 0.25) is 0 Å². The number of likely N-dealkylation sites (tertiary alicyclic amines) is 1. The van der Waals surface area contributed by atoms with Crippen LogP contribution < -0.4 is 5.32 Å². The molecule has 0 bridgehead atoms. The Bertz CT molecular complexity index is 534. The van der Waals surface area contributed by atoms with Gasteiger partial charge in [0.2, 0.25) is 5.91 Å². The third-order valence-corrected chi connectivity index (χ3v) is 6.47. The van der Waals surface area contributed by atoms with Crippen molar-refractivity contribution in [1.82, 2.24) is 15.2 Å². The number of rotatable bonds is 5. The van der Waals surface area contributed by atoms with E-state index in [1.54, 1.807) is 11.3 Å². The van der Waals surface area contributed by atoms with Crippen LogP contribution in [0.15, 0.2) is 6.20 Å². The Kier molecular flexibility index (Phi) is 6.25. The molecule has 2 aliphatic heterocycles. The van der Waals surface area contributed by atoms with Gasteiger partial charge >= 0.3 is 0 Å². The van der Waals surface area contributed by atoms with E-state index in [1.807, 2.05) is 18.0 Å². The van der Waals surface area contributed by atoms with Gasteiger partial charge in [-0.1, -0.05) is 0 Å². The van der Waals surface area contributed by atoms with Gasteiger partial charge < -0.3 is 15.3 Å². The summed E-state index contributed by atoms with van der Waals surface area (Å²) in [6.07, 6.45) is 7.10. The summed E-state index contributed by atoms with van der Waals surface area (Å²) in [5.74, 6) is 1.05. The number of piperidine rings is 2. The fourth-order valence-electron chi connectivity index (χ4n) is 3.97. The highest BCUT2D eigenvalue weighted by Crippen LogP contribution is 2.29. The van der Waals surface area contributed by atoms with Crippen molar-refractivity contribution in [3.8, 4) is 0 Å². The molecule has 0 saturated carbocycles. The van der Waals surface area contributed by atoms with E-state index in [1.165, 1.54) is 4.88 Å². The number of aliphatic hydroxyl groups is 1. The molecule has 1 unspecified atom stereocenters. The van der Waals surface area contributed by atoms with Crippen LogP contribution in [-0.2, 0) is 11.2 Å². The second-order valence-electron chi connectivity index (χ2n) is 7.14. The molecule has 6 heteroatoms. The van der Waals surface area contributed by atoms with Crippen LogP contribution in [0.1, 0.15) is 42.0 Å². The zero-order chi connectivity index (χ0) is 16.9. The number of nitrogens with one attached hydrogen (secondary N) is 1. The average molecular weight is 352 g/mol. The fourth-order valence-corrected chi connectivity index (χ4v) is 4.76. The molecule has 0 aromatic carbocycles. The molecule has 0 aliphatic carbocycles. The Morgan fingerprint density at radius 2 is 2.00 bits per heavy atom. The molecule has 1 atom stereocenters. The van der Waals surface area contributed by atoms with Gasteiger partial charge in [-0.15, -0.1) is 11.3 Å². The van der Waals surface area contributed by atoms with Gasteiger partial charge in [-0.25, -0.2) is 4.98 Å². The molecule has 0 radical (unpaired) electrons. The lowest BCUT2D eigenvalue weighted by atomic mass is 9.80. The van der Waals surface area contributed by atoms with Crippen molar-refractivity contribution in [2.75, 3.05) is 26.2 Å². The summed E-state index contributed by atoms with van der Waals surface area (Å²) in [5.41, 5.74) is 0. The predicted molar refractivity (Wildman–Crippen MR) is 96.1 cm³/mol. The van der Waals surface area contributed by atoms with E-state index in [9.17, 15) is 9.90 Å². The normalized spacial score (nSPS) is 21.8. The molecule has 1 amide bonds. The Balaban J connectivity index is 1.41. The molecular formula is C18H29N3O2S. The highest BCUT2D eigenvalue weighted by Gasteiger charge is 2.32. The Hall–Kier alpha value is -0.980. The maximum atomic E-state index is 12.4. The minimum Gasteiger partial charge on any atom is -0.393 e. The number of nitrogens with zero attached hydrogens (tertiary/aromatic N) is 2. The van der Waals surface area contributed by atoms with Gasteiger partial charge in [0, 0.05) is 30.6 Å². The summed E-state index contributed by atoms with van der Waals surface area (Å²) in [6.45, 7) is 5.64. The molecule has 134 valence electrons. The SMILES string of the molecule is Cc1ncc(CCC(=O)N2CCC(C(O)C3CCNCC3)CC2)s1. The van der Waals surface area contributed by atoms with Crippen molar-refractivity contribution in [2.24, 2.45) is 11.8 Å². The van der Waals surface area contributed by atoms with Crippen LogP contribution in [0, 0.1) is 18.8 Å². The molecule has 2 saturated heterocycles. The van der Waals surface area contributed by atoms with E-state index in [0.29, 0.717) is 18.3 Å². The van der Waals surface area contributed by atoms with Crippen LogP contribution in [0.3, 0.4) is 0 Å². The first kappa shape index (κ1) is 17.8. The number of thiazole rings is 1. The number of hydrogen-bond acceptors (Lipinski definition) is 5. The first-order valence-electron chi connectivity index (χ1n) is 9.21. The third-order valence-electron chi connectivity index (χ3n) is 5.50. The van der Waals surface area contributed by atoms with Crippen molar-refractivity contribution >= 4 is 17.2 Å². The largest absolute Gasteiger partial charge is 0.393 e. The molecule has 2 N–H and O–H groups in total. The Morgan fingerprint density at radius 3 is 2.62 bits per heavy atom. The molecule has 2 aliphatic rings. The summed E-state index contributed by atoms with van der Waals surface area (Å²) in [6, 6.07) is 0. The summed E-state index contributed by atoms with van der Waals surface area (Å²) >= 11 is 1.68. The Labute approximate surface area is 148 Å². The molecule has 1 aromatic heterocycles. The van der Waals surface area contributed by atoms with E-state index in [2.05, 4.69) is 10.3 Å². The summed E-state index contributed by atoms with van der Waals surface area (Å²) in [7, 11) is 0. The van der Waals surface area contributed by atoms with Crippen molar-refractivity contribution in [2.45, 2.75) is 51.6 Å². The molecule has 2 fully saturated rings. The molecule has 3 heterocycles. The monoisotopic (exact) mass is 351 g/mol. The molecule has 5 nitrogen and oxygen atoms in total. The van der Waals surface area contributed by atoms with Crippen LogP contribution >= 0.6 is 11.3 Å².